The van der Waals surface area contributed by atoms with Crippen LogP contribution in [0.4, 0.5) is 8.78 Å². The maximum absolute atomic E-state index is 14.0. The molecule has 0 bridgehead atoms. The Morgan fingerprint density at radius 1 is 1.18 bits per heavy atom. The van der Waals surface area contributed by atoms with Crippen molar-refractivity contribution in [2.75, 3.05) is 0 Å². The van der Waals surface area contributed by atoms with Crippen molar-refractivity contribution >= 4 is 5.91 Å². The van der Waals surface area contributed by atoms with Crippen LogP contribution in [0.3, 0.4) is 0 Å². The zero-order chi connectivity index (χ0) is 19.5. The molecule has 1 fully saturated rings. The van der Waals surface area contributed by atoms with E-state index in [0.29, 0.717) is 23.7 Å². The molecule has 0 radical (unpaired) electrons. The number of benzene rings is 1. The smallest absolute Gasteiger partial charge is 0.227 e. The predicted octanol–water partition coefficient (Wildman–Crippen LogP) is 3.53. The molecule has 1 aromatic carbocycles. The number of hydrogen-bond acceptors (Lipinski definition) is 5. The molecule has 1 aliphatic carbocycles. The molecule has 0 N–H and O–H groups in total. The van der Waals surface area contributed by atoms with E-state index in [9.17, 15) is 13.6 Å². The van der Waals surface area contributed by atoms with Crippen molar-refractivity contribution in [3.8, 4) is 11.4 Å². The summed E-state index contributed by atoms with van der Waals surface area (Å²) in [7, 11) is 0. The van der Waals surface area contributed by atoms with Gasteiger partial charge < -0.3 is 9.42 Å². The van der Waals surface area contributed by atoms with Crippen molar-refractivity contribution in [3.05, 3.63) is 65.8 Å². The number of rotatable bonds is 7. The number of aromatic nitrogens is 3. The molecule has 4 rings (SSSR count). The van der Waals surface area contributed by atoms with Crippen LogP contribution in [0, 0.1) is 11.6 Å². The lowest BCUT2D eigenvalue weighted by molar-refractivity contribution is -0.132. The summed E-state index contributed by atoms with van der Waals surface area (Å²) < 4.78 is 32.3. The minimum absolute atomic E-state index is 0.104. The average molecular weight is 384 g/mol. The molecular weight excluding hydrogens is 366 g/mol. The van der Waals surface area contributed by atoms with Gasteiger partial charge in [-0.1, -0.05) is 11.2 Å². The number of aryl methyl sites for hydroxylation is 1. The van der Waals surface area contributed by atoms with Gasteiger partial charge in [-0.15, -0.1) is 0 Å². The lowest BCUT2D eigenvalue weighted by Crippen LogP contribution is -2.33. The van der Waals surface area contributed by atoms with E-state index >= 15 is 0 Å². The van der Waals surface area contributed by atoms with Crippen molar-refractivity contribution < 1.29 is 18.1 Å². The third-order valence-electron chi connectivity index (χ3n) is 4.62. The summed E-state index contributed by atoms with van der Waals surface area (Å²) in [5.41, 5.74) is 1.09. The van der Waals surface area contributed by atoms with Crippen molar-refractivity contribution in [2.24, 2.45) is 0 Å². The van der Waals surface area contributed by atoms with Crippen LogP contribution < -0.4 is 0 Å². The number of amides is 1. The fourth-order valence-electron chi connectivity index (χ4n) is 2.97. The Hall–Kier alpha value is -3.16. The second-order valence-corrected chi connectivity index (χ2v) is 6.74. The number of pyridine rings is 1. The van der Waals surface area contributed by atoms with Crippen LogP contribution in [-0.2, 0) is 17.8 Å². The lowest BCUT2D eigenvalue weighted by atomic mass is 10.1. The maximum Gasteiger partial charge on any atom is 0.227 e. The third kappa shape index (κ3) is 4.21. The summed E-state index contributed by atoms with van der Waals surface area (Å²) in [6.07, 6.45) is 5.53. The molecule has 6 nitrogen and oxygen atoms in total. The molecule has 1 saturated carbocycles. The van der Waals surface area contributed by atoms with Crippen LogP contribution in [0.15, 0.2) is 47.2 Å². The molecule has 0 atom stereocenters. The summed E-state index contributed by atoms with van der Waals surface area (Å²) in [5.74, 6) is -0.583. The van der Waals surface area contributed by atoms with E-state index in [0.717, 1.165) is 24.5 Å². The molecule has 1 aliphatic rings. The number of carbonyl (C=O) groups excluding carboxylic acids is 1. The van der Waals surface area contributed by atoms with Gasteiger partial charge in [0.2, 0.25) is 17.6 Å². The quantitative estimate of drug-likeness (QED) is 0.623. The normalized spacial score (nSPS) is 13.5. The molecular formula is C20H18F2N4O2. The second-order valence-electron chi connectivity index (χ2n) is 6.74. The van der Waals surface area contributed by atoms with E-state index in [1.165, 1.54) is 12.1 Å². The Balaban J connectivity index is 1.39. The minimum atomic E-state index is -0.641. The number of hydrogen-bond donors (Lipinski definition) is 0. The molecule has 0 saturated heterocycles. The molecule has 0 unspecified atom stereocenters. The Kier molecular flexibility index (Phi) is 5.10. The van der Waals surface area contributed by atoms with E-state index in [2.05, 4.69) is 15.1 Å². The van der Waals surface area contributed by atoms with Gasteiger partial charge in [0.05, 0.1) is 0 Å². The van der Waals surface area contributed by atoms with Gasteiger partial charge in [0.15, 0.2) is 0 Å². The largest absolute Gasteiger partial charge is 0.339 e. The molecule has 0 aliphatic heterocycles. The monoisotopic (exact) mass is 384 g/mol. The Labute approximate surface area is 160 Å². The van der Waals surface area contributed by atoms with Gasteiger partial charge in [-0.3, -0.25) is 9.78 Å². The van der Waals surface area contributed by atoms with Gasteiger partial charge >= 0.3 is 0 Å². The Morgan fingerprint density at radius 2 is 1.96 bits per heavy atom. The fraction of sp³-hybridized carbons (Fsp3) is 0.300. The summed E-state index contributed by atoms with van der Waals surface area (Å²) in [6, 6.07) is 7.06. The van der Waals surface area contributed by atoms with E-state index in [4.69, 9.17) is 4.52 Å². The van der Waals surface area contributed by atoms with Gasteiger partial charge in [-0.2, -0.15) is 4.98 Å². The molecule has 0 spiro atoms. The van der Waals surface area contributed by atoms with Crippen LogP contribution >= 0.6 is 0 Å². The standard InChI is InChI=1S/C20H18F2N4O2/c21-15-2-1-14(17(22)11-15)12-26(16-3-4-16)19(27)6-5-18-24-20(25-28-18)13-7-9-23-10-8-13/h1-2,7-11,16H,3-6,12H2. The highest BCUT2D eigenvalue weighted by Crippen LogP contribution is 2.30. The van der Waals surface area contributed by atoms with Crippen molar-refractivity contribution in [3.63, 3.8) is 0 Å². The van der Waals surface area contributed by atoms with Gasteiger partial charge in [-0.05, 0) is 31.0 Å². The van der Waals surface area contributed by atoms with Gasteiger partial charge in [0.25, 0.3) is 0 Å². The SMILES string of the molecule is O=C(CCc1nc(-c2ccncc2)no1)N(Cc1ccc(F)cc1F)C1CC1. The Morgan fingerprint density at radius 3 is 2.68 bits per heavy atom. The van der Waals surface area contributed by atoms with Gasteiger partial charge in [0, 0.05) is 55.0 Å². The summed E-state index contributed by atoms with van der Waals surface area (Å²) >= 11 is 0. The van der Waals surface area contributed by atoms with Crippen LogP contribution in [-0.4, -0.2) is 32.0 Å². The first-order valence-electron chi connectivity index (χ1n) is 9.06. The third-order valence-corrected chi connectivity index (χ3v) is 4.62. The lowest BCUT2D eigenvalue weighted by Gasteiger charge is -2.22. The van der Waals surface area contributed by atoms with Crippen molar-refractivity contribution in [1.29, 1.82) is 0 Å². The van der Waals surface area contributed by atoms with E-state index in [-0.39, 0.29) is 24.9 Å². The first-order chi connectivity index (χ1) is 13.6. The van der Waals surface area contributed by atoms with Crippen molar-refractivity contribution in [1.82, 2.24) is 20.0 Å². The van der Waals surface area contributed by atoms with Crippen LogP contribution in [0.25, 0.3) is 11.4 Å². The highest BCUT2D eigenvalue weighted by atomic mass is 19.1. The van der Waals surface area contributed by atoms with E-state index < -0.39 is 11.6 Å². The molecule has 8 heteroatoms. The first kappa shape index (κ1) is 18.2. The molecule has 2 aromatic heterocycles. The topological polar surface area (TPSA) is 72.1 Å². The predicted molar refractivity (Wildman–Crippen MR) is 95.8 cm³/mol. The van der Waals surface area contributed by atoms with E-state index in [1.54, 1.807) is 29.4 Å². The summed E-state index contributed by atoms with van der Waals surface area (Å²) in [4.78, 5) is 22.6. The van der Waals surface area contributed by atoms with Gasteiger partial charge in [-0.25, -0.2) is 8.78 Å². The number of nitrogens with zero attached hydrogens (tertiary/aromatic N) is 4. The zero-order valence-corrected chi connectivity index (χ0v) is 15.0. The maximum atomic E-state index is 14.0. The second kappa shape index (κ2) is 7.84. The van der Waals surface area contributed by atoms with Gasteiger partial charge in [0.1, 0.15) is 11.6 Å². The van der Waals surface area contributed by atoms with E-state index in [1.807, 2.05) is 0 Å². The Bertz CT molecular complexity index is 973. The zero-order valence-electron chi connectivity index (χ0n) is 15.0. The number of carbonyl (C=O) groups is 1. The molecule has 2 heterocycles. The summed E-state index contributed by atoms with van der Waals surface area (Å²) in [5, 5.41) is 3.92. The van der Waals surface area contributed by atoms with Crippen LogP contribution in [0.5, 0.6) is 0 Å². The molecule has 1 amide bonds. The highest BCUT2D eigenvalue weighted by molar-refractivity contribution is 5.77. The summed E-state index contributed by atoms with van der Waals surface area (Å²) in [6.45, 7) is 0.127. The first-order valence-corrected chi connectivity index (χ1v) is 9.06. The minimum Gasteiger partial charge on any atom is -0.339 e. The van der Waals surface area contributed by atoms with Crippen molar-refractivity contribution in [2.45, 2.75) is 38.3 Å². The average Bonchev–Trinajstić information content (AvgIpc) is 3.43. The molecule has 144 valence electrons. The van der Waals surface area contributed by atoms with Crippen LogP contribution in [0.2, 0.25) is 0 Å². The molecule has 3 aromatic rings. The fourth-order valence-corrected chi connectivity index (χ4v) is 2.97. The molecule has 28 heavy (non-hydrogen) atoms. The van der Waals surface area contributed by atoms with Crippen LogP contribution in [0.1, 0.15) is 30.7 Å². The number of halogens is 2. The highest BCUT2D eigenvalue weighted by Gasteiger charge is 2.33.